The summed E-state index contributed by atoms with van der Waals surface area (Å²) < 4.78 is 8.41. The highest BCUT2D eigenvalue weighted by atomic mass is 35.6. The van der Waals surface area contributed by atoms with Crippen molar-refractivity contribution in [3.63, 3.8) is 0 Å². The van der Waals surface area contributed by atoms with Crippen LogP contribution >= 0.6 is 47.0 Å². The van der Waals surface area contributed by atoms with Gasteiger partial charge in [0.15, 0.2) is 5.11 Å². The van der Waals surface area contributed by atoms with E-state index in [1.54, 1.807) is 55.6 Å². The zero-order valence-electron chi connectivity index (χ0n) is 15.0. The molecule has 28 heavy (non-hydrogen) atoms. The molecule has 2 aromatic rings. The number of para-hydroxylation sites is 1. The minimum atomic E-state index is -1.87. The molecule has 10 heteroatoms. The average Bonchev–Trinajstić information content (AvgIpc) is 2.67. The number of alkyl halides is 3. The van der Waals surface area contributed by atoms with E-state index in [4.69, 9.17) is 56.5 Å². The van der Waals surface area contributed by atoms with Crippen LogP contribution in [0.25, 0.3) is 0 Å². The van der Waals surface area contributed by atoms with Crippen molar-refractivity contribution in [3.05, 3.63) is 54.1 Å². The minimum Gasteiger partial charge on any atom is -0.497 e. The van der Waals surface area contributed by atoms with E-state index in [0.29, 0.717) is 22.7 Å². The van der Waals surface area contributed by atoms with Crippen molar-refractivity contribution >= 4 is 63.7 Å². The van der Waals surface area contributed by atoms with Crippen molar-refractivity contribution in [2.45, 2.75) is 9.96 Å². The van der Waals surface area contributed by atoms with E-state index in [9.17, 15) is 4.79 Å². The second kappa shape index (κ2) is 10.0. The molecule has 6 nitrogen and oxygen atoms in total. The van der Waals surface area contributed by atoms with Crippen LogP contribution < -0.4 is 25.4 Å². The molecule has 2 aromatic carbocycles. The monoisotopic (exact) mass is 461 g/mol. The largest absolute Gasteiger partial charge is 0.497 e. The molecule has 0 heterocycles. The second-order valence-electron chi connectivity index (χ2n) is 5.48. The fraction of sp³-hybridized carbons (Fsp3) is 0.222. The predicted octanol–water partition coefficient (Wildman–Crippen LogP) is 4.12. The molecule has 0 radical (unpaired) electrons. The van der Waals surface area contributed by atoms with E-state index in [-0.39, 0.29) is 5.11 Å². The number of ether oxygens (including phenoxy) is 2. The van der Waals surface area contributed by atoms with Crippen LogP contribution in [0.5, 0.6) is 11.5 Å². The van der Waals surface area contributed by atoms with Gasteiger partial charge in [-0.2, -0.15) is 0 Å². The summed E-state index contributed by atoms with van der Waals surface area (Å²) in [4.78, 5) is 12.6. The summed E-state index contributed by atoms with van der Waals surface area (Å²) in [7, 11) is 3.04. The molecule has 0 aliphatic carbocycles. The van der Waals surface area contributed by atoms with Crippen LogP contribution in [0.1, 0.15) is 10.4 Å². The lowest BCUT2D eigenvalue weighted by Crippen LogP contribution is -2.56. The van der Waals surface area contributed by atoms with Gasteiger partial charge in [0.1, 0.15) is 17.7 Å². The number of amides is 1. The Morgan fingerprint density at radius 3 is 2.21 bits per heavy atom. The quantitative estimate of drug-likeness (QED) is 0.341. The Labute approximate surface area is 183 Å². The van der Waals surface area contributed by atoms with Crippen molar-refractivity contribution in [1.82, 2.24) is 10.6 Å². The van der Waals surface area contributed by atoms with Gasteiger partial charge in [0.25, 0.3) is 5.91 Å². The first-order valence-corrected chi connectivity index (χ1v) is 9.51. The summed E-state index contributed by atoms with van der Waals surface area (Å²) in [6.45, 7) is 0. The summed E-state index contributed by atoms with van der Waals surface area (Å²) >= 11 is 23.3. The number of nitrogens with one attached hydrogen (secondary N) is 3. The predicted molar refractivity (Wildman–Crippen MR) is 117 cm³/mol. The van der Waals surface area contributed by atoms with Gasteiger partial charge in [-0.1, -0.05) is 46.9 Å². The maximum absolute atomic E-state index is 12.6. The summed E-state index contributed by atoms with van der Waals surface area (Å²) in [5.41, 5.74) is 0.984. The standard InChI is InChI=1S/C18H18Cl3N3O3S/c1-26-12-9-7-11(8-10-12)22-17(28)24-16(18(19,20)21)23-15(25)13-5-3-4-6-14(13)27-2/h3-10,16H,1-2H3,(H,23,25)(H2,22,24,28)/t16-/m0/s1. The molecular weight excluding hydrogens is 445 g/mol. The molecule has 0 fully saturated rings. The SMILES string of the molecule is COc1ccc(NC(=S)N[C@H](NC(=O)c2ccccc2OC)C(Cl)(Cl)Cl)cc1. The Kier molecular flexibility index (Phi) is 8.00. The van der Waals surface area contributed by atoms with Gasteiger partial charge >= 0.3 is 0 Å². The van der Waals surface area contributed by atoms with Gasteiger partial charge in [0, 0.05) is 5.69 Å². The first kappa shape index (κ1) is 22.4. The Bertz CT molecular complexity index is 829. The third-order valence-corrected chi connectivity index (χ3v) is 4.45. The normalized spacial score (nSPS) is 11.9. The molecule has 0 aliphatic rings. The lowest BCUT2D eigenvalue weighted by Gasteiger charge is -2.28. The summed E-state index contributed by atoms with van der Waals surface area (Å²) in [6.07, 6.45) is -1.10. The van der Waals surface area contributed by atoms with Gasteiger partial charge in [-0.25, -0.2) is 0 Å². The van der Waals surface area contributed by atoms with Crippen LogP contribution in [0, 0.1) is 0 Å². The number of rotatable bonds is 6. The lowest BCUT2D eigenvalue weighted by atomic mass is 10.2. The zero-order valence-corrected chi connectivity index (χ0v) is 18.0. The molecule has 0 saturated carbocycles. The van der Waals surface area contributed by atoms with Gasteiger partial charge in [0.2, 0.25) is 3.79 Å². The number of carbonyl (C=O) groups excluding carboxylic acids is 1. The first-order valence-electron chi connectivity index (χ1n) is 7.96. The van der Waals surface area contributed by atoms with Crippen LogP contribution in [0.3, 0.4) is 0 Å². The molecule has 0 aromatic heterocycles. The third-order valence-electron chi connectivity index (χ3n) is 3.58. The Morgan fingerprint density at radius 1 is 1.00 bits per heavy atom. The fourth-order valence-corrected chi connectivity index (χ4v) is 2.78. The van der Waals surface area contributed by atoms with E-state index in [1.807, 2.05) is 0 Å². The van der Waals surface area contributed by atoms with E-state index in [1.165, 1.54) is 7.11 Å². The van der Waals surface area contributed by atoms with Crippen LogP contribution in [0.15, 0.2) is 48.5 Å². The van der Waals surface area contributed by atoms with Gasteiger partial charge < -0.3 is 25.4 Å². The Morgan fingerprint density at radius 2 is 1.64 bits per heavy atom. The molecule has 1 amide bonds. The van der Waals surface area contributed by atoms with Crippen molar-refractivity contribution in [2.24, 2.45) is 0 Å². The molecule has 0 unspecified atom stereocenters. The molecule has 1 atom stereocenters. The number of methoxy groups -OCH3 is 2. The van der Waals surface area contributed by atoms with E-state index < -0.39 is 15.9 Å². The molecule has 0 saturated heterocycles. The van der Waals surface area contributed by atoms with E-state index >= 15 is 0 Å². The smallest absolute Gasteiger partial charge is 0.256 e. The number of carbonyl (C=O) groups is 1. The highest BCUT2D eigenvalue weighted by molar-refractivity contribution is 7.80. The zero-order chi connectivity index (χ0) is 20.7. The van der Waals surface area contributed by atoms with Gasteiger partial charge in [-0.15, -0.1) is 0 Å². The number of benzene rings is 2. The number of hydrogen-bond acceptors (Lipinski definition) is 4. The molecule has 3 N–H and O–H groups in total. The fourth-order valence-electron chi connectivity index (χ4n) is 2.21. The molecule has 0 bridgehead atoms. The van der Waals surface area contributed by atoms with Gasteiger partial charge in [-0.05, 0) is 48.6 Å². The first-order chi connectivity index (χ1) is 13.2. The van der Waals surface area contributed by atoms with Crippen molar-refractivity contribution in [1.29, 1.82) is 0 Å². The molecule has 0 spiro atoms. The third kappa shape index (κ3) is 6.31. The van der Waals surface area contributed by atoms with Crippen LogP contribution in [0.2, 0.25) is 0 Å². The van der Waals surface area contributed by atoms with Crippen molar-refractivity contribution in [3.8, 4) is 11.5 Å². The molecule has 2 rings (SSSR count). The van der Waals surface area contributed by atoms with Crippen molar-refractivity contribution in [2.75, 3.05) is 19.5 Å². The average molecular weight is 463 g/mol. The van der Waals surface area contributed by atoms with Crippen LogP contribution in [-0.2, 0) is 0 Å². The Hall–Kier alpha value is -1.93. The van der Waals surface area contributed by atoms with Crippen LogP contribution in [-0.4, -0.2) is 35.2 Å². The minimum absolute atomic E-state index is 0.154. The summed E-state index contributed by atoms with van der Waals surface area (Å²) in [5, 5.41) is 8.50. The summed E-state index contributed by atoms with van der Waals surface area (Å²) in [6, 6.07) is 13.8. The van der Waals surface area contributed by atoms with Crippen molar-refractivity contribution < 1.29 is 14.3 Å². The van der Waals surface area contributed by atoms with E-state index in [0.717, 1.165) is 0 Å². The topological polar surface area (TPSA) is 71.6 Å². The number of anilines is 1. The highest BCUT2D eigenvalue weighted by Gasteiger charge is 2.35. The second-order valence-corrected chi connectivity index (χ2v) is 8.25. The number of hydrogen-bond donors (Lipinski definition) is 3. The highest BCUT2D eigenvalue weighted by Crippen LogP contribution is 2.30. The maximum atomic E-state index is 12.6. The molecular formula is C18H18Cl3N3O3S. The van der Waals surface area contributed by atoms with E-state index in [2.05, 4.69) is 16.0 Å². The van der Waals surface area contributed by atoms with Crippen LogP contribution in [0.4, 0.5) is 5.69 Å². The maximum Gasteiger partial charge on any atom is 0.256 e. The van der Waals surface area contributed by atoms with Gasteiger partial charge in [-0.3, -0.25) is 4.79 Å². The van der Waals surface area contributed by atoms with Gasteiger partial charge in [0.05, 0.1) is 19.8 Å². The number of thiocarbonyl (C=S) groups is 1. The lowest BCUT2D eigenvalue weighted by molar-refractivity contribution is 0.0931. The Balaban J connectivity index is 2.08. The molecule has 150 valence electrons. The number of halogens is 3. The summed E-state index contributed by atoms with van der Waals surface area (Å²) in [5.74, 6) is 0.600. The molecule has 0 aliphatic heterocycles.